The molecule has 0 unspecified atom stereocenters. The van der Waals surface area contributed by atoms with Crippen LogP contribution in [0.4, 0.5) is 5.69 Å². The number of nitrogens with one attached hydrogen (secondary N) is 1. The van der Waals surface area contributed by atoms with Crippen LogP contribution in [-0.2, 0) is 4.79 Å². The minimum atomic E-state index is -1.01. The molecule has 2 aromatic carbocycles. The van der Waals surface area contributed by atoms with Gasteiger partial charge in [0.05, 0.1) is 35.4 Å². The number of amides is 1. The van der Waals surface area contributed by atoms with E-state index in [2.05, 4.69) is 10.3 Å². The number of nitrogens with zero attached hydrogens (tertiary/aromatic N) is 1. The Bertz CT molecular complexity index is 1000. The Morgan fingerprint density at radius 1 is 1.21 bits per heavy atom. The summed E-state index contributed by atoms with van der Waals surface area (Å²) < 4.78 is 10.5. The molecule has 0 atom stereocenters. The molecule has 1 aliphatic heterocycles. The third-order valence-corrected chi connectivity index (χ3v) is 4.94. The van der Waals surface area contributed by atoms with Crippen LogP contribution in [-0.4, -0.2) is 36.4 Å². The van der Waals surface area contributed by atoms with Gasteiger partial charge in [0, 0.05) is 0 Å². The van der Waals surface area contributed by atoms with Crippen molar-refractivity contribution in [2.45, 2.75) is 0 Å². The Balaban J connectivity index is 1.84. The largest absolute Gasteiger partial charge is 0.493 e. The number of thioether (sulfide) groups is 1. The number of hydrogen-bond donors (Lipinski definition) is 2. The lowest BCUT2D eigenvalue weighted by atomic mass is 10.2. The zero-order valence-electron chi connectivity index (χ0n) is 14.9. The molecule has 0 aliphatic carbocycles. The lowest BCUT2D eigenvalue weighted by molar-refractivity contribution is -0.115. The fourth-order valence-electron chi connectivity index (χ4n) is 2.45. The number of amidine groups is 1. The standard InChI is InChI=1S/C19H15ClN2O5S/c1-26-14-8-10(7-13(20)16(14)27-2)9-15-17(23)22-19(28-15)21-12-5-3-11(4-6-12)18(24)25/h3-9H,1-2H3,(H,24,25)(H,21,22,23)/b15-9+. The van der Waals surface area contributed by atoms with Gasteiger partial charge in [-0.2, -0.15) is 0 Å². The molecule has 0 spiro atoms. The predicted octanol–water partition coefficient (Wildman–Crippen LogP) is 3.95. The molecule has 144 valence electrons. The molecule has 1 heterocycles. The van der Waals surface area contributed by atoms with E-state index in [1.54, 1.807) is 30.3 Å². The van der Waals surface area contributed by atoms with Crippen LogP contribution < -0.4 is 14.8 Å². The third kappa shape index (κ3) is 4.29. The summed E-state index contributed by atoms with van der Waals surface area (Å²) in [6.45, 7) is 0. The highest BCUT2D eigenvalue weighted by Gasteiger charge is 2.24. The van der Waals surface area contributed by atoms with Crippen molar-refractivity contribution < 1.29 is 24.2 Å². The van der Waals surface area contributed by atoms with Crippen molar-refractivity contribution in [3.8, 4) is 11.5 Å². The first-order valence-electron chi connectivity index (χ1n) is 7.95. The maximum absolute atomic E-state index is 12.2. The molecule has 0 saturated carbocycles. The van der Waals surface area contributed by atoms with E-state index in [0.29, 0.717) is 37.8 Å². The molecule has 7 nitrogen and oxygen atoms in total. The SMILES string of the molecule is COc1cc(/C=C2/SC(=Nc3ccc(C(=O)O)cc3)NC2=O)cc(Cl)c1OC. The van der Waals surface area contributed by atoms with Crippen LogP contribution in [0.15, 0.2) is 46.3 Å². The van der Waals surface area contributed by atoms with E-state index in [1.807, 2.05) is 0 Å². The van der Waals surface area contributed by atoms with Crippen molar-refractivity contribution in [2.24, 2.45) is 4.99 Å². The second-order valence-corrected chi connectivity index (χ2v) is 7.01. The Hall–Kier alpha value is -2.97. The summed E-state index contributed by atoms with van der Waals surface area (Å²) in [5.74, 6) is -0.432. The number of carboxylic acid groups (broad SMARTS) is 1. The Labute approximate surface area is 170 Å². The first-order chi connectivity index (χ1) is 13.4. The van der Waals surface area contributed by atoms with Gasteiger partial charge in [-0.05, 0) is 59.8 Å². The molecule has 2 N–H and O–H groups in total. The minimum absolute atomic E-state index is 0.165. The van der Waals surface area contributed by atoms with Crippen LogP contribution in [0.25, 0.3) is 6.08 Å². The summed E-state index contributed by atoms with van der Waals surface area (Å²) in [7, 11) is 3.00. The lowest BCUT2D eigenvalue weighted by Crippen LogP contribution is -2.19. The molecule has 0 aromatic heterocycles. The second kappa shape index (κ2) is 8.37. The number of rotatable bonds is 5. The number of methoxy groups -OCH3 is 2. The summed E-state index contributed by atoms with van der Waals surface area (Å²) in [6, 6.07) is 9.42. The molecular weight excluding hydrogens is 404 g/mol. The second-order valence-electron chi connectivity index (χ2n) is 5.57. The van der Waals surface area contributed by atoms with Gasteiger partial charge in [-0.25, -0.2) is 9.79 Å². The van der Waals surface area contributed by atoms with Crippen molar-refractivity contribution in [1.29, 1.82) is 0 Å². The zero-order valence-corrected chi connectivity index (χ0v) is 16.4. The van der Waals surface area contributed by atoms with Crippen LogP contribution >= 0.6 is 23.4 Å². The van der Waals surface area contributed by atoms with E-state index >= 15 is 0 Å². The van der Waals surface area contributed by atoms with E-state index in [0.717, 1.165) is 0 Å². The smallest absolute Gasteiger partial charge is 0.335 e. The molecule has 3 rings (SSSR count). The van der Waals surface area contributed by atoms with Crippen LogP contribution in [0.2, 0.25) is 5.02 Å². The first kappa shape index (κ1) is 19.8. The zero-order chi connectivity index (χ0) is 20.3. The average Bonchev–Trinajstić information content (AvgIpc) is 3.00. The van der Waals surface area contributed by atoms with Gasteiger partial charge >= 0.3 is 5.97 Å². The molecule has 1 saturated heterocycles. The molecule has 9 heteroatoms. The number of halogens is 1. The molecule has 1 fully saturated rings. The molecule has 1 aliphatic rings. The van der Waals surface area contributed by atoms with E-state index in [1.165, 1.54) is 38.1 Å². The highest BCUT2D eigenvalue weighted by atomic mass is 35.5. The van der Waals surface area contributed by atoms with Crippen molar-refractivity contribution in [3.05, 3.63) is 57.5 Å². The normalized spacial score (nSPS) is 16.3. The quantitative estimate of drug-likeness (QED) is 0.713. The fraction of sp³-hybridized carbons (Fsp3) is 0.105. The van der Waals surface area contributed by atoms with Gasteiger partial charge in [-0.1, -0.05) is 11.6 Å². The maximum atomic E-state index is 12.2. The van der Waals surface area contributed by atoms with Crippen LogP contribution in [0.3, 0.4) is 0 Å². The van der Waals surface area contributed by atoms with E-state index in [9.17, 15) is 9.59 Å². The van der Waals surface area contributed by atoms with Crippen molar-refractivity contribution in [1.82, 2.24) is 5.32 Å². The van der Waals surface area contributed by atoms with Gasteiger partial charge in [0.15, 0.2) is 16.7 Å². The summed E-state index contributed by atoms with van der Waals surface area (Å²) in [4.78, 5) is 27.9. The number of carboxylic acids is 1. The monoisotopic (exact) mass is 418 g/mol. The van der Waals surface area contributed by atoms with E-state index < -0.39 is 5.97 Å². The molecular formula is C19H15ClN2O5S. The van der Waals surface area contributed by atoms with Crippen LogP contribution in [0.1, 0.15) is 15.9 Å². The van der Waals surface area contributed by atoms with Gasteiger partial charge in [0.1, 0.15) is 0 Å². The number of benzene rings is 2. The number of carbonyl (C=O) groups is 2. The van der Waals surface area contributed by atoms with Crippen molar-refractivity contribution in [3.63, 3.8) is 0 Å². The minimum Gasteiger partial charge on any atom is -0.493 e. The molecule has 0 radical (unpaired) electrons. The van der Waals surface area contributed by atoms with Gasteiger partial charge in [-0.3, -0.25) is 4.79 Å². The van der Waals surface area contributed by atoms with Crippen LogP contribution in [0, 0.1) is 0 Å². The Kier molecular flexibility index (Phi) is 5.91. The van der Waals surface area contributed by atoms with Crippen LogP contribution in [0.5, 0.6) is 11.5 Å². The Morgan fingerprint density at radius 2 is 1.93 bits per heavy atom. The van der Waals surface area contributed by atoms with E-state index in [4.69, 9.17) is 26.2 Å². The number of ether oxygens (including phenoxy) is 2. The third-order valence-electron chi connectivity index (χ3n) is 3.75. The van der Waals surface area contributed by atoms with Crippen molar-refractivity contribution >= 4 is 52.2 Å². The summed E-state index contributed by atoms with van der Waals surface area (Å²) in [5.41, 5.74) is 1.37. The average molecular weight is 419 g/mol. The van der Waals surface area contributed by atoms with Gasteiger partial charge < -0.3 is 19.9 Å². The molecule has 1 amide bonds. The summed E-state index contributed by atoms with van der Waals surface area (Å²) in [6.07, 6.45) is 1.67. The predicted molar refractivity (Wildman–Crippen MR) is 109 cm³/mol. The summed E-state index contributed by atoms with van der Waals surface area (Å²) >= 11 is 7.37. The lowest BCUT2D eigenvalue weighted by Gasteiger charge is -2.10. The highest BCUT2D eigenvalue weighted by molar-refractivity contribution is 8.18. The molecule has 0 bridgehead atoms. The first-order valence-corrected chi connectivity index (χ1v) is 9.15. The number of aromatic carboxylic acids is 1. The fourth-order valence-corrected chi connectivity index (χ4v) is 3.59. The number of hydrogen-bond acceptors (Lipinski definition) is 6. The van der Waals surface area contributed by atoms with Crippen molar-refractivity contribution in [2.75, 3.05) is 14.2 Å². The van der Waals surface area contributed by atoms with E-state index in [-0.39, 0.29) is 11.5 Å². The van der Waals surface area contributed by atoms with Gasteiger partial charge in [0.2, 0.25) is 0 Å². The number of carbonyl (C=O) groups excluding carboxylic acids is 1. The topological polar surface area (TPSA) is 97.2 Å². The summed E-state index contributed by atoms with van der Waals surface area (Å²) in [5, 5.41) is 12.4. The highest BCUT2D eigenvalue weighted by Crippen LogP contribution is 2.37. The molecule has 2 aromatic rings. The Morgan fingerprint density at radius 3 is 2.54 bits per heavy atom. The molecule has 28 heavy (non-hydrogen) atoms. The van der Waals surface area contributed by atoms with Gasteiger partial charge in [0.25, 0.3) is 5.91 Å². The maximum Gasteiger partial charge on any atom is 0.335 e. The number of aliphatic imine (C=N–C) groups is 1. The van der Waals surface area contributed by atoms with Gasteiger partial charge in [-0.15, -0.1) is 0 Å².